The van der Waals surface area contributed by atoms with Crippen molar-refractivity contribution >= 4 is 35.3 Å². The average molecular weight is 318 g/mol. The van der Waals surface area contributed by atoms with Crippen molar-refractivity contribution in [3.63, 3.8) is 0 Å². The van der Waals surface area contributed by atoms with E-state index in [0.29, 0.717) is 22.2 Å². The van der Waals surface area contributed by atoms with Crippen LogP contribution in [0, 0.1) is 15.3 Å². The molecule has 106 valence electrons. The first-order valence-corrected chi connectivity index (χ1v) is 6.01. The topological polar surface area (TPSA) is 100 Å². The maximum Gasteiger partial charge on any atom is 0.219 e. The van der Waals surface area contributed by atoms with Gasteiger partial charge >= 0.3 is 0 Å². The van der Waals surface area contributed by atoms with Gasteiger partial charge in [0, 0.05) is 10.6 Å². The molecule has 1 aliphatic rings. The summed E-state index contributed by atoms with van der Waals surface area (Å²) in [6, 6.07) is 4.87. The van der Waals surface area contributed by atoms with Crippen molar-refractivity contribution in [1.29, 1.82) is 0 Å². The second kappa shape index (κ2) is 7.59. The maximum atomic E-state index is 11.9. The summed E-state index contributed by atoms with van der Waals surface area (Å²) in [5.74, 6) is -0.0327. The third kappa shape index (κ3) is 5.35. The number of benzene rings is 1. The van der Waals surface area contributed by atoms with E-state index in [1.807, 2.05) is 6.20 Å². The van der Waals surface area contributed by atoms with Gasteiger partial charge in [-0.3, -0.25) is 9.69 Å². The molecule has 0 saturated heterocycles. The van der Waals surface area contributed by atoms with Gasteiger partial charge in [-0.25, -0.2) is 4.99 Å². The van der Waals surface area contributed by atoms with E-state index in [0.717, 1.165) is 4.90 Å². The molecule has 1 aromatic carbocycles. The van der Waals surface area contributed by atoms with E-state index >= 15 is 0 Å². The molecular formula is C11H9Cl2N3O4. The molecule has 9 heteroatoms. The van der Waals surface area contributed by atoms with Crippen LogP contribution in [0.3, 0.4) is 0 Å². The second-order valence-corrected chi connectivity index (χ2v) is 4.46. The number of rotatable bonds is 3. The zero-order chi connectivity index (χ0) is 15.1. The van der Waals surface area contributed by atoms with Gasteiger partial charge in [0.1, 0.15) is 6.20 Å². The first-order valence-electron chi connectivity index (χ1n) is 5.25. The van der Waals surface area contributed by atoms with E-state index < -0.39 is 5.09 Å². The lowest BCUT2D eigenvalue weighted by molar-refractivity contribution is -0.725. The Hall–Kier alpha value is -1.96. The Balaban J connectivity index is 0.000000444. The Bertz CT molecular complexity index is 559. The van der Waals surface area contributed by atoms with Gasteiger partial charge in [-0.05, 0) is 18.2 Å². The molecule has 20 heavy (non-hydrogen) atoms. The molecular weight excluding hydrogens is 309 g/mol. The van der Waals surface area contributed by atoms with E-state index in [1.165, 1.54) is 0 Å². The van der Waals surface area contributed by atoms with E-state index in [4.69, 9.17) is 38.5 Å². The van der Waals surface area contributed by atoms with Crippen molar-refractivity contribution in [1.82, 2.24) is 0 Å². The van der Waals surface area contributed by atoms with Gasteiger partial charge in [0.2, 0.25) is 5.78 Å². The third-order valence-electron chi connectivity index (χ3n) is 2.21. The molecule has 0 aliphatic carbocycles. The van der Waals surface area contributed by atoms with Gasteiger partial charge in [0.15, 0.2) is 12.9 Å². The molecule has 1 aliphatic heterocycles. The summed E-state index contributed by atoms with van der Waals surface area (Å²) in [6.07, 6.45) is 5.13. The molecule has 0 radical (unpaired) electrons. The minimum atomic E-state index is -1.75. The smallest absolute Gasteiger partial charge is 0.219 e. The fraction of sp³-hybridized carbons (Fsp3) is 0.0909. The molecule has 0 saturated carbocycles. The van der Waals surface area contributed by atoms with Crippen LogP contribution in [0.25, 0.3) is 0 Å². The summed E-state index contributed by atoms with van der Waals surface area (Å²) in [5, 5.41) is 15.7. The summed E-state index contributed by atoms with van der Waals surface area (Å²) in [5.41, 5.74) is 0.493. The van der Waals surface area contributed by atoms with Crippen LogP contribution in [0.2, 0.25) is 10.0 Å². The highest BCUT2D eigenvalue weighted by atomic mass is 35.5. The summed E-state index contributed by atoms with van der Waals surface area (Å²) in [6.45, 7) is 0.307. The van der Waals surface area contributed by atoms with Crippen molar-refractivity contribution in [2.45, 2.75) is 0 Å². The molecule has 1 unspecified atom stereocenters. The quantitative estimate of drug-likeness (QED) is 0.516. The Morgan fingerprint density at radius 1 is 1.35 bits per heavy atom. The molecule has 0 amide bonds. The van der Waals surface area contributed by atoms with E-state index in [-0.39, 0.29) is 5.78 Å². The first-order chi connectivity index (χ1) is 9.40. The number of ketones is 1. The fourth-order valence-corrected chi connectivity index (χ4v) is 1.94. The number of halogens is 2. The monoisotopic (exact) mass is 317 g/mol. The molecule has 2 rings (SSSR count). The van der Waals surface area contributed by atoms with Crippen LogP contribution in [0.15, 0.2) is 35.6 Å². The second-order valence-electron chi connectivity index (χ2n) is 3.62. The SMILES string of the molecule is O=C(C[NH+]1C=CN=C1)c1ccc(Cl)cc1Cl.O=[N+]([O-])[O-]. The van der Waals surface area contributed by atoms with Crippen LogP contribution in [0.1, 0.15) is 10.4 Å². The molecule has 1 atom stereocenters. The molecule has 0 bridgehead atoms. The van der Waals surface area contributed by atoms with Crippen LogP contribution in [0.4, 0.5) is 0 Å². The zero-order valence-electron chi connectivity index (χ0n) is 9.95. The molecule has 1 aromatic rings. The van der Waals surface area contributed by atoms with Crippen LogP contribution >= 0.6 is 23.2 Å². The van der Waals surface area contributed by atoms with Gasteiger partial charge in [0.05, 0.1) is 16.3 Å². The Morgan fingerprint density at radius 2 is 2.00 bits per heavy atom. The molecule has 1 heterocycles. The standard InChI is InChI=1S/C11H8Cl2N2O.NO3/c12-8-1-2-9(10(13)5-8)11(16)6-15-4-3-14-7-15;2-1(3)4/h1-5,7H,6H2;/q;-1/p+1. The van der Waals surface area contributed by atoms with Crippen LogP contribution in [0.5, 0.6) is 0 Å². The van der Waals surface area contributed by atoms with Crippen molar-refractivity contribution in [2.75, 3.05) is 6.54 Å². The largest absolute Gasteiger partial charge is 0.356 e. The van der Waals surface area contributed by atoms with E-state index in [2.05, 4.69) is 4.99 Å². The van der Waals surface area contributed by atoms with Crippen molar-refractivity contribution in [3.8, 4) is 0 Å². The summed E-state index contributed by atoms with van der Waals surface area (Å²) in [4.78, 5) is 24.9. The summed E-state index contributed by atoms with van der Waals surface area (Å²) in [7, 11) is 0. The highest BCUT2D eigenvalue weighted by molar-refractivity contribution is 6.36. The summed E-state index contributed by atoms with van der Waals surface area (Å²) >= 11 is 11.7. The minimum absolute atomic E-state index is 0.0327. The molecule has 7 nitrogen and oxygen atoms in total. The van der Waals surface area contributed by atoms with Gasteiger partial charge in [0.25, 0.3) is 0 Å². The van der Waals surface area contributed by atoms with Crippen LogP contribution in [-0.2, 0) is 0 Å². The number of aliphatic imine (C=N–C) groups is 1. The number of carbonyl (C=O) groups excluding carboxylic acids is 1. The number of carbonyl (C=O) groups is 1. The molecule has 1 N–H and O–H groups in total. The highest BCUT2D eigenvalue weighted by Crippen LogP contribution is 2.20. The van der Waals surface area contributed by atoms with Crippen molar-refractivity contribution in [2.24, 2.45) is 4.99 Å². The van der Waals surface area contributed by atoms with E-state index in [1.54, 1.807) is 30.7 Å². The number of hydrogen-bond donors (Lipinski definition) is 1. The fourth-order valence-electron chi connectivity index (χ4n) is 1.42. The lowest BCUT2D eigenvalue weighted by atomic mass is 10.1. The van der Waals surface area contributed by atoms with Gasteiger partial charge < -0.3 is 15.3 Å². The Kier molecular flexibility index (Phi) is 6.10. The predicted octanol–water partition coefficient (Wildman–Crippen LogP) is 1.33. The lowest BCUT2D eigenvalue weighted by Crippen LogP contribution is -3.06. The number of hydrogen-bond acceptors (Lipinski definition) is 5. The first kappa shape index (κ1) is 16.1. The van der Waals surface area contributed by atoms with Crippen molar-refractivity contribution < 1.29 is 14.8 Å². The zero-order valence-corrected chi connectivity index (χ0v) is 11.5. The number of nitrogens with one attached hydrogen (secondary N) is 1. The van der Waals surface area contributed by atoms with Crippen LogP contribution in [-0.4, -0.2) is 23.8 Å². The lowest BCUT2D eigenvalue weighted by Gasteiger charge is -2.06. The van der Waals surface area contributed by atoms with Crippen LogP contribution < -0.4 is 4.90 Å². The predicted molar refractivity (Wildman–Crippen MR) is 74.6 cm³/mol. The molecule has 0 aromatic heterocycles. The molecule has 0 fully saturated rings. The number of nitrogens with zero attached hydrogens (tertiary/aromatic N) is 2. The highest BCUT2D eigenvalue weighted by Gasteiger charge is 2.17. The normalized spacial score (nSPS) is 15.6. The molecule has 0 spiro atoms. The van der Waals surface area contributed by atoms with Crippen molar-refractivity contribution in [3.05, 3.63) is 61.5 Å². The number of Topliss-reactive ketones (excluding diaryl/α,β-unsaturated/α-hetero) is 1. The average Bonchev–Trinajstić information content (AvgIpc) is 2.80. The Morgan fingerprint density at radius 3 is 2.50 bits per heavy atom. The third-order valence-corrected chi connectivity index (χ3v) is 2.76. The number of quaternary nitrogens is 1. The Labute approximate surface area is 123 Å². The van der Waals surface area contributed by atoms with E-state index in [9.17, 15) is 4.79 Å². The van der Waals surface area contributed by atoms with Gasteiger partial charge in [-0.2, -0.15) is 0 Å². The maximum absolute atomic E-state index is 11.9. The minimum Gasteiger partial charge on any atom is -0.356 e. The van der Waals surface area contributed by atoms with Gasteiger partial charge in [-0.15, -0.1) is 0 Å². The summed E-state index contributed by atoms with van der Waals surface area (Å²) < 4.78 is 0. The van der Waals surface area contributed by atoms with Gasteiger partial charge in [-0.1, -0.05) is 23.2 Å².